The van der Waals surface area contributed by atoms with Crippen molar-refractivity contribution in [1.82, 2.24) is 9.55 Å². The minimum atomic E-state index is 0.531. The van der Waals surface area contributed by atoms with Crippen LogP contribution in [0, 0.1) is 10.7 Å². The molecular formula is C13H18N2O2S. The van der Waals surface area contributed by atoms with E-state index in [0.29, 0.717) is 11.7 Å². The van der Waals surface area contributed by atoms with Crippen LogP contribution in [0.4, 0.5) is 0 Å². The maximum atomic E-state index is 5.36. The van der Waals surface area contributed by atoms with E-state index in [9.17, 15) is 0 Å². The van der Waals surface area contributed by atoms with Crippen molar-refractivity contribution < 1.29 is 9.47 Å². The molecule has 0 radical (unpaired) electrons. The molecule has 0 bridgehead atoms. The number of H-pyrrole nitrogens is 1. The maximum absolute atomic E-state index is 5.36. The molecule has 0 atom stereocenters. The minimum Gasteiger partial charge on any atom is -0.493 e. The number of nitrogens with one attached hydrogen (secondary N) is 1. The SMILES string of the molecule is COc1cc2[nH]c(=S)n(CC(C)C)c2cc1OC. The van der Waals surface area contributed by atoms with Gasteiger partial charge in [-0.1, -0.05) is 13.8 Å². The first-order chi connectivity index (χ1) is 8.56. The molecule has 0 aliphatic heterocycles. The second-order valence-corrected chi connectivity index (χ2v) is 5.05. The monoisotopic (exact) mass is 266 g/mol. The fourth-order valence-corrected chi connectivity index (χ4v) is 2.31. The highest BCUT2D eigenvalue weighted by atomic mass is 32.1. The molecule has 0 saturated carbocycles. The van der Waals surface area contributed by atoms with Gasteiger partial charge in [0.15, 0.2) is 16.3 Å². The van der Waals surface area contributed by atoms with Crippen molar-refractivity contribution in [2.75, 3.05) is 14.2 Å². The summed E-state index contributed by atoms with van der Waals surface area (Å²) in [6, 6.07) is 3.88. The Kier molecular flexibility index (Phi) is 3.61. The van der Waals surface area contributed by atoms with Crippen molar-refractivity contribution >= 4 is 23.3 Å². The van der Waals surface area contributed by atoms with E-state index >= 15 is 0 Å². The van der Waals surface area contributed by atoms with Crippen LogP contribution in [0.2, 0.25) is 0 Å². The quantitative estimate of drug-likeness (QED) is 0.862. The van der Waals surface area contributed by atoms with Gasteiger partial charge in [-0.2, -0.15) is 0 Å². The van der Waals surface area contributed by atoms with Gasteiger partial charge in [-0.3, -0.25) is 0 Å². The summed E-state index contributed by atoms with van der Waals surface area (Å²) in [5.74, 6) is 1.96. The van der Waals surface area contributed by atoms with Crippen molar-refractivity contribution in [3.63, 3.8) is 0 Å². The van der Waals surface area contributed by atoms with Crippen LogP contribution in [0.15, 0.2) is 12.1 Å². The Balaban J connectivity index is 2.66. The van der Waals surface area contributed by atoms with Gasteiger partial charge in [-0.05, 0) is 18.1 Å². The molecule has 4 nitrogen and oxygen atoms in total. The van der Waals surface area contributed by atoms with Crippen molar-refractivity contribution in [3.8, 4) is 11.5 Å². The van der Waals surface area contributed by atoms with Gasteiger partial charge in [0.05, 0.1) is 25.3 Å². The number of aromatic nitrogens is 2. The van der Waals surface area contributed by atoms with Crippen LogP contribution in [-0.4, -0.2) is 23.8 Å². The first-order valence-corrected chi connectivity index (χ1v) is 6.32. The number of aromatic amines is 1. The van der Waals surface area contributed by atoms with E-state index < -0.39 is 0 Å². The molecule has 0 spiro atoms. The number of fused-ring (bicyclic) bond motifs is 1. The van der Waals surface area contributed by atoms with Crippen LogP contribution in [0.1, 0.15) is 13.8 Å². The van der Waals surface area contributed by atoms with Gasteiger partial charge in [-0.15, -0.1) is 0 Å². The van der Waals surface area contributed by atoms with Crippen molar-refractivity contribution in [1.29, 1.82) is 0 Å². The van der Waals surface area contributed by atoms with Crippen LogP contribution >= 0.6 is 12.2 Å². The van der Waals surface area contributed by atoms with Gasteiger partial charge in [0.1, 0.15) is 0 Å². The summed E-state index contributed by atoms with van der Waals surface area (Å²) in [5, 5.41) is 0. The smallest absolute Gasteiger partial charge is 0.178 e. The number of benzene rings is 1. The highest BCUT2D eigenvalue weighted by molar-refractivity contribution is 7.71. The van der Waals surface area contributed by atoms with E-state index in [1.54, 1.807) is 14.2 Å². The second kappa shape index (κ2) is 5.02. The van der Waals surface area contributed by atoms with E-state index in [1.807, 2.05) is 12.1 Å². The Morgan fingerprint density at radius 2 is 1.83 bits per heavy atom. The van der Waals surface area contributed by atoms with Crippen molar-refractivity contribution in [2.45, 2.75) is 20.4 Å². The van der Waals surface area contributed by atoms with Gasteiger partial charge in [-0.25, -0.2) is 0 Å². The molecule has 0 amide bonds. The number of hydrogen-bond donors (Lipinski definition) is 1. The lowest BCUT2D eigenvalue weighted by Crippen LogP contribution is -2.04. The second-order valence-electron chi connectivity index (χ2n) is 4.66. The molecule has 0 fully saturated rings. The molecule has 0 aliphatic carbocycles. The van der Waals surface area contributed by atoms with E-state index in [4.69, 9.17) is 21.7 Å². The van der Waals surface area contributed by atoms with Crippen molar-refractivity contribution in [2.24, 2.45) is 5.92 Å². The maximum Gasteiger partial charge on any atom is 0.178 e. The number of rotatable bonds is 4. The summed E-state index contributed by atoms with van der Waals surface area (Å²) in [7, 11) is 3.27. The van der Waals surface area contributed by atoms with E-state index in [2.05, 4.69) is 23.4 Å². The number of ether oxygens (including phenoxy) is 2. The van der Waals surface area contributed by atoms with Crippen molar-refractivity contribution in [3.05, 3.63) is 16.9 Å². The molecule has 18 heavy (non-hydrogen) atoms. The zero-order chi connectivity index (χ0) is 13.3. The summed E-state index contributed by atoms with van der Waals surface area (Å²) < 4.78 is 13.4. The van der Waals surface area contributed by atoms with Crippen LogP contribution in [0.25, 0.3) is 11.0 Å². The van der Waals surface area contributed by atoms with Gasteiger partial charge in [0.2, 0.25) is 0 Å². The summed E-state index contributed by atoms with van der Waals surface area (Å²) in [4.78, 5) is 3.20. The lowest BCUT2D eigenvalue weighted by molar-refractivity contribution is 0.355. The Hall–Kier alpha value is -1.49. The van der Waals surface area contributed by atoms with Crippen LogP contribution in [0.5, 0.6) is 11.5 Å². The summed E-state index contributed by atoms with van der Waals surface area (Å²) in [6.07, 6.45) is 0. The van der Waals surface area contributed by atoms with Crippen LogP contribution in [-0.2, 0) is 6.54 Å². The van der Waals surface area contributed by atoms with E-state index in [-0.39, 0.29) is 0 Å². The van der Waals surface area contributed by atoms with Gasteiger partial charge in [0.25, 0.3) is 0 Å². The number of nitrogens with zero attached hydrogens (tertiary/aromatic N) is 1. The molecule has 1 heterocycles. The zero-order valence-electron chi connectivity index (χ0n) is 11.1. The fraction of sp³-hybridized carbons (Fsp3) is 0.462. The minimum absolute atomic E-state index is 0.531. The lowest BCUT2D eigenvalue weighted by Gasteiger charge is -2.10. The molecule has 0 saturated heterocycles. The predicted octanol–water partition coefficient (Wildman–Crippen LogP) is 3.37. The van der Waals surface area contributed by atoms with E-state index in [1.165, 1.54) is 0 Å². The molecule has 1 aromatic heterocycles. The molecule has 1 aromatic carbocycles. The molecule has 98 valence electrons. The molecule has 0 aliphatic rings. The molecular weight excluding hydrogens is 248 g/mol. The number of hydrogen-bond acceptors (Lipinski definition) is 3. The molecule has 2 rings (SSSR count). The van der Waals surface area contributed by atoms with Gasteiger partial charge >= 0.3 is 0 Å². The molecule has 2 aromatic rings. The Morgan fingerprint density at radius 1 is 1.22 bits per heavy atom. The summed E-state index contributed by atoms with van der Waals surface area (Å²) >= 11 is 5.36. The normalized spacial score (nSPS) is 11.2. The number of methoxy groups -OCH3 is 2. The Bertz CT molecular complexity index is 613. The largest absolute Gasteiger partial charge is 0.493 e. The third-order valence-electron chi connectivity index (χ3n) is 2.83. The zero-order valence-corrected chi connectivity index (χ0v) is 11.9. The fourth-order valence-electron chi connectivity index (χ4n) is 2.03. The Labute approximate surface area is 112 Å². The summed E-state index contributed by atoms with van der Waals surface area (Å²) in [6.45, 7) is 5.22. The van der Waals surface area contributed by atoms with Crippen LogP contribution in [0.3, 0.4) is 0 Å². The average molecular weight is 266 g/mol. The van der Waals surface area contributed by atoms with E-state index in [0.717, 1.165) is 28.1 Å². The highest BCUT2D eigenvalue weighted by Crippen LogP contribution is 2.32. The van der Waals surface area contributed by atoms with Crippen LogP contribution < -0.4 is 9.47 Å². The first kappa shape index (κ1) is 13.0. The number of imidazole rings is 1. The summed E-state index contributed by atoms with van der Waals surface area (Å²) in [5.41, 5.74) is 2.02. The molecule has 0 unspecified atom stereocenters. The molecule has 5 heteroatoms. The van der Waals surface area contributed by atoms with Gasteiger partial charge < -0.3 is 19.0 Å². The van der Waals surface area contributed by atoms with Gasteiger partial charge in [0, 0.05) is 18.7 Å². The third-order valence-corrected chi connectivity index (χ3v) is 3.15. The third kappa shape index (κ3) is 2.22. The average Bonchev–Trinajstić information content (AvgIpc) is 2.63. The topological polar surface area (TPSA) is 39.2 Å². The Morgan fingerprint density at radius 3 is 2.39 bits per heavy atom. The predicted molar refractivity (Wildman–Crippen MR) is 75.1 cm³/mol. The molecule has 1 N–H and O–H groups in total. The first-order valence-electron chi connectivity index (χ1n) is 5.91. The standard InChI is InChI=1S/C13H18N2O2S/c1-8(2)7-15-10-6-12(17-4)11(16-3)5-9(10)14-13(15)18/h5-6,8H,7H2,1-4H3,(H,14,18). The lowest BCUT2D eigenvalue weighted by atomic mass is 10.2. The highest BCUT2D eigenvalue weighted by Gasteiger charge is 2.11.